The fourth-order valence-corrected chi connectivity index (χ4v) is 3.47. The Kier molecular flexibility index (Phi) is 4.20. The maximum absolute atomic E-state index is 3.46. The third kappa shape index (κ3) is 2.82. The van der Waals surface area contributed by atoms with E-state index in [1.54, 1.807) is 0 Å². The Morgan fingerprint density at radius 3 is 2.33 bits per heavy atom. The molecule has 0 radical (unpaired) electrons. The third-order valence-corrected chi connectivity index (χ3v) is 4.32. The summed E-state index contributed by atoms with van der Waals surface area (Å²) in [6.07, 6.45) is 1.07. The van der Waals surface area contributed by atoms with Crippen LogP contribution in [0.2, 0.25) is 0 Å². The lowest BCUT2D eigenvalue weighted by Crippen LogP contribution is -2.20. The van der Waals surface area contributed by atoms with Gasteiger partial charge in [-0.05, 0) is 56.0 Å². The van der Waals surface area contributed by atoms with E-state index in [9.17, 15) is 0 Å². The molecule has 1 aromatic carbocycles. The van der Waals surface area contributed by atoms with Crippen molar-refractivity contribution in [2.75, 3.05) is 7.05 Å². The molecule has 1 aromatic heterocycles. The van der Waals surface area contributed by atoms with E-state index in [2.05, 4.69) is 62.8 Å². The normalized spacial score (nSPS) is 12.7. The zero-order chi connectivity index (χ0) is 13.1. The minimum Gasteiger partial charge on any atom is -0.313 e. The number of thiophene rings is 1. The van der Waals surface area contributed by atoms with Crippen molar-refractivity contribution in [2.24, 2.45) is 0 Å². The van der Waals surface area contributed by atoms with Crippen LogP contribution < -0.4 is 5.32 Å². The van der Waals surface area contributed by atoms with Crippen molar-refractivity contribution in [3.63, 3.8) is 0 Å². The molecule has 0 bridgehead atoms. The van der Waals surface area contributed by atoms with Crippen molar-refractivity contribution in [3.8, 4) is 0 Å². The molecule has 18 heavy (non-hydrogen) atoms. The summed E-state index contributed by atoms with van der Waals surface area (Å²) in [6.45, 7) is 6.60. The van der Waals surface area contributed by atoms with Crippen molar-refractivity contribution in [3.05, 3.63) is 56.8 Å². The van der Waals surface area contributed by atoms with Crippen LogP contribution in [-0.4, -0.2) is 7.05 Å². The molecular formula is C16H21NS. The maximum atomic E-state index is 3.46. The molecule has 0 aliphatic carbocycles. The van der Waals surface area contributed by atoms with Gasteiger partial charge in [0.05, 0.1) is 0 Å². The average Bonchev–Trinajstić information content (AvgIpc) is 2.79. The lowest BCUT2D eigenvalue weighted by atomic mass is 9.92. The van der Waals surface area contributed by atoms with Crippen molar-refractivity contribution in [1.82, 2.24) is 5.32 Å². The van der Waals surface area contributed by atoms with E-state index in [0.29, 0.717) is 6.04 Å². The summed E-state index contributed by atoms with van der Waals surface area (Å²) in [5.74, 6) is 0. The van der Waals surface area contributed by atoms with Crippen molar-refractivity contribution >= 4 is 11.3 Å². The first-order valence-corrected chi connectivity index (χ1v) is 7.27. The first-order chi connectivity index (χ1) is 8.61. The molecule has 0 saturated carbocycles. The molecule has 0 fully saturated rings. The van der Waals surface area contributed by atoms with E-state index in [1.165, 1.54) is 27.1 Å². The molecule has 2 heteroatoms. The largest absolute Gasteiger partial charge is 0.313 e. The Morgan fingerprint density at radius 1 is 1.17 bits per heavy atom. The molecule has 1 N–H and O–H groups in total. The van der Waals surface area contributed by atoms with E-state index < -0.39 is 0 Å². The Bertz CT molecular complexity index is 491. The minimum atomic E-state index is 0.407. The zero-order valence-electron chi connectivity index (χ0n) is 11.6. The smallest absolute Gasteiger partial charge is 0.0371 e. The second-order valence-electron chi connectivity index (χ2n) is 4.94. The van der Waals surface area contributed by atoms with Crippen LogP contribution >= 0.6 is 11.3 Å². The molecule has 0 amide bonds. The Morgan fingerprint density at radius 2 is 1.83 bits per heavy atom. The lowest BCUT2D eigenvalue weighted by Gasteiger charge is -2.21. The lowest BCUT2D eigenvalue weighted by molar-refractivity contribution is 0.590. The molecule has 2 rings (SSSR count). The van der Waals surface area contributed by atoms with Gasteiger partial charge in [-0.15, -0.1) is 11.3 Å². The predicted molar refractivity (Wildman–Crippen MR) is 80.5 cm³/mol. The number of hydrogen-bond acceptors (Lipinski definition) is 2. The van der Waals surface area contributed by atoms with Gasteiger partial charge >= 0.3 is 0 Å². The van der Waals surface area contributed by atoms with Gasteiger partial charge in [-0.3, -0.25) is 0 Å². The van der Waals surface area contributed by atoms with Crippen LogP contribution in [0.1, 0.15) is 33.2 Å². The molecule has 0 spiro atoms. The molecule has 96 valence electrons. The van der Waals surface area contributed by atoms with Crippen LogP contribution in [0.15, 0.2) is 29.6 Å². The highest BCUT2D eigenvalue weighted by atomic mass is 32.1. The van der Waals surface area contributed by atoms with E-state index >= 15 is 0 Å². The standard InChI is InChI=1S/C16H21NS/c1-11-8-12(2)16(13(3)9-11)15(17-4)10-14-6-5-7-18-14/h5-9,15,17H,10H2,1-4H3. The van der Waals surface area contributed by atoms with Crippen LogP contribution in [0.4, 0.5) is 0 Å². The predicted octanol–water partition coefficient (Wildman–Crippen LogP) is 4.18. The number of nitrogens with one attached hydrogen (secondary N) is 1. The number of rotatable bonds is 4. The number of hydrogen-bond donors (Lipinski definition) is 1. The SMILES string of the molecule is CNC(Cc1cccs1)c1c(C)cc(C)cc1C. The van der Waals surface area contributed by atoms with Gasteiger partial charge in [0.25, 0.3) is 0 Å². The van der Waals surface area contributed by atoms with E-state index in [1.807, 2.05) is 11.3 Å². The molecule has 2 aromatic rings. The number of likely N-dealkylation sites (N-methyl/N-ethyl adjacent to an activating group) is 1. The van der Waals surface area contributed by atoms with Gasteiger partial charge in [0.15, 0.2) is 0 Å². The maximum Gasteiger partial charge on any atom is 0.0371 e. The average molecular weight is 259 g/mol. The Hall–Kier alpha value is -1.12. The molecule has 0 aliphatic rings. The van der Waals surface area contributed by atoms with E-state index in [-0.39, 0.29) is 0 Å². The van der Waals surface area contributed by atoms with Crippen LogP contribution in [0.25, 0.3) is 0 Å². The monoisotopic (exact) mass is 259 g/mol. The number of benzene rings is 1. The Labute approximate surface area is 114 Å². The van der Waals surface area contributed by atoms with Gasteiger partial charge in [0.1, 0.15) is 0 Å². The van der Waals surface area contributed by atoms with E-state index in [4.69, 9.17) is 0 Å². The van der Waals surface area contributed by atoms with Crippen LogP contribution in [0, 0.1) is 20.8 Å². The topological polar surface area (TPSA) is 12.0 Å². The first kappa shape index (κ1) is 13.3. The van der Waals surface area contributed by atoms with Crippen LogP contribution in [0.3, 0.4) is 0 Å². The summed E-state index contributed by atoms with van der Waals surface area (Å²) in [5, 5.41) is 5.61. The highest BCUT2D eigenvalue weighted by Gasteiger charge is 2.15. The summed E-state index contributed by atoms with van der Waals surface area (Å²) < 4.78 is 0. The molecule has 1 atom stereocenters. The highest BCUT2D eigenvalue weighted by molar-refractivity contribution is 7.09. The molecule has 0 saturated heterocycles. The molecule has 1 nitrogen and oxygen atoms in total. The quantitative estimate of drug-likeness (QED) is 0.868. The second kappa shape index (κ2) is 5.68. The van der Waals surface area contributed by atoms with Gasteiger partial charge in [-0.25, -0.2) is 0 Å². The van der Waals surface area contributed by atoms with Crippen molar-refractivity contribution in [1.29, 1.82) is 0 Å². The summed E-state index contributed by atoms with van der Waals surface area (Å²) >= 11 is 1.84. The number of aryl methyl sites for hydroxylation is 3. The van der Waals surface area contributed by atoms with Crippen molar-refractivity contribution in [2.45, 2.75) is 33.2 Å². The van der Waals surface area contributed by atoms with Gasteiger partial charge in [-0.1, -0.05) is 23.8 Å². The van der Waals surface area contributed by atoms with Gasteiger partial charge in [0.2, 0.25) is 0 Å². The van der Waals surface area contributed by atoms with E-state index in [0.717, 1.165) is 6.42 Å². The molecular weight excluding hydrogens is 238 g/mol. The van der Waals surface area contributed by atoms with Crippen LogP contribution in [-0.2, 0) is 6.42 Å². The summed E-state index contributed by atoms with van der Waals surface area (Å²) in [4.78, 5) is 1.44. The van der Waals surface area contributed by atoms with Gasteiger partial charge in [-0.2, -0.15) is 0 Å². The summed E-state index contributed by atoms with van der Waals surface area (Å²) in [6, 6.07) is 9.31. The first-order valence-electron chi connectivity index (χ1n) is 6.39. The fraction of sp³-hybridized carbons (Fsp3) is 0.375. The van der Waals surface area contributed by atoms with Gasteiger partial charge < -0.3 is 5.32 Å². The summed E-state index contributed by atoms with van der Waals surface area (Å²) in [5.41, 5.74) is 5.59. The highest BCUT2D eigenvalue weighted by Crippen LogP contribution is 2.27. The van der Waals surface area contributed by atoms with Gasteiger partial charge in [0, 0.05) is 17.3 Å². The zero-order valence-corrected chi connectivity index (χ0v) is 12.4. The van der Waals surface area contributed by atoms with Crippen molar-refractivity contribution < 1.29 is 0 Å². The third-order valence-electron chi connectivity index (χ3n) is 3.42. The fourth-order valence-electron chi connectivity index (χ4n) is 2.72. The molecule has 1 unspecified atom stereocenters. The minimum absolute atomic E-state index is 0.407. The Balaban J connectivity index is 2.33. The molecule has 0 aliphatic heterocycles. The summed E-state index contributed by atoms with van der Waals surface area (Å²) in [7, 11) is 2.05. The molecule has 1 heterocycles. The van der Waals surface area contributed by atoms with Crippen LogP contribution in [0.5, 0.6) is 0 Å². The second-order valence-corrected chi connectivity index (χ2v) is 5.97.